The van der Waals surface area contributed by atoms with Crippen molar-refractivity contribution in [1.82, 2.24) is 19.9 Å². The molecule has 16 nitrogen and oxygen atoms in total. The summed E-state index contributed by atoms with van der Waals surface area (Å²) < 4.78 is 70.7. The molecule has 8 N–H and O–H groups in total. The Kier molecular flexibility index (Phi) is 12.4. The largest absolute Gasteiger partial charge is 0.343 e. The summed E-state index contributed by atoms with van der Waals surface area (Å²) in [4.78, 5) is 18.3. The number of hydrogen-bond acceptors (Lipinski definition) is 14. The van der Waals surface area contributed by atoms with Gasteiger partial charge in [0.1, 0.15) is 23.3 Å². The number of benzene rings is 5. The quantitative estimate of drug-likeness (QED) is 0.0422. The Balaban J connectivity index is 1.05. The maximum atomic E-state index is 13.2. The second kappa shape index (κ2) is 18.6. The molecule has 0 amide bonds. The van der Waals surface area contributed by atoms with Gasteiger partial charge in [0.05, 0.1) is 0 Å². The predicted molar refractivity (Wildman–Crippen MR) is 252 cm³/mol. The Hall–Kier alpha value is -7.90. The molecule has 0 fully saturated rings. The van der Waals surface area contributed by atoms with Crippen molar-refractivity contribution in [3.05, 3.63) is 193 Å². The monoisotopic (exact) mass is 892 g/mol. The fraction of sp³-hybridized carbons (Fsp3) is 0.0435. The molecule has 18 heteroatoms. The molecule has 0 saturated carbocycles. The predicted octanol–water partition coefficient (Wildman–Crippen LogP) is 9.80. The summed E-state index contributed by atoms with van der Waals surface area (Å²) in [6.07, 6.45) is 4.44. The highest BCUT2D eigenvalue weighted by Crippen LogP contribution is 2.42. The molecule has 2 heterocycles. The molecule has 0 saturated heterocycles. The summed E-state index contributed by atoms with van der Waals surface area (Å²) in [6.45, 7) is 0. The van der Waals surface area contributed by atoms with E-state index in [-0.39, 0.29) is 17.5 Å². The number of aromatic nitrogens is 4. The first-order valence-electron chi connectivity index (χ1n) is 19.6. The average Bonchev–Trinajstić information content (AvgIpc) is 3.27. The number of rotatable bonds is 16. The molecular weight excluding hydrogens is 853 g/mol. The Bertz CT molecular complexity index is 2920. The molecule has 1 aliphatic carbocycles. The lowest BCUT2D eigenvalue weighted by Gasteiger charge is -2.32. The van der Waals surface area contributed by atoms with Crippen LogP contribution in [0.25, 0.3) is 6.08 Å². The SMILES string of the molecule is O=S(=O)(O)C1(S(=O)(=O)O)CC(Nc2cc(Nc3ccccc3)nc(Nc3ccccc3)n2)=CC=C1C=Cc1ccc(Nc2cc(Nc3ccccc3)nc(Nc3ccccc3)n2)cc1. The van der Waals surface area contributed by atoms with Crippen molar-refractivity contribution in [1.29, 1.82) is 0 Å². The van der Waals surface area contributed by atoms with Crippen LogP contribution in [0.2, 0.25) is 0 Å². The van der Waals surface area contributed by atoms with Crippen LogP contribution in [0.1, 0.15) is 12.0 Å². The summed E-state index contributed by atoms with van der Waals surface area (Å²) in [5.74, 6) is 2.00. The number of para-hydroxylation sites is 4. The fourth-order valence-corrected chi connectivity index (χ4v) is 9.30. The first-order chi connectivity index (χ1) is 30.9. The highest BCUT2D eigenvalue weighted by Gasteiger charge is 2.58. The van der Waals surface area contributed by atoms with Crippen LogP contribution in [0, 0.1) is 0 Å². The van der Waals surface area contributed by atoms with Gasteiger partial charge in [0.25, 0.3) is 24.3 Å². The lowest BCUT2D eigenvalue weighted by Crippen LogP contribution is -2.49. The normalized spacial score (nSPS) is 13.6. The standard InChI is InChI=1S/C46H40N10O6S2/c57-63(58,59)46(64(60,61)62)31-39(50-43-30-41(48-35-15-7-2-8-16-35)54-45(56-43)52-37-19-11-4-12-20-37)28-25-33(46)24-21-32-22-26-38(27-23-32)49-42-29-40(47-34-13-5-1-6-14-34)53-44(55-42)51-36-17-9-3-10-18-36/h1-30H,31H2,(H,57,58,59)(H,60,61,62)(H3,47,49,51,53,55)(H3,48,50,52,54,56). The molecule has 64 heavy (non-hydrogen) atoms. The van der Waals surface area contributed by atoms with E-state index in [1.54, 1.807) is 30.3 Å². The molecule has 0 unspecified atom stereocenters. The first kappa shape index (κ1) is 42.8. The molecule has 0 atom stereocenters. The van der Waals surface area contributed by atoms with Gasteiger partial charge in [-0.2, -0.15) is 36.8 Å². The lowest BCUT2D eigenvalue weighted by molar-refractivity contribution is 0.433. The van der Waals surface area contributed by atoms with Crippen molar-refractivity contribution in [2.75, 3.05) is 31.9 Å². The maximum Gasteiger partial charge on any atom is 0.292 e. The Labute approximate surface area is 369 Å². The van der Waals surface area contributed by atoms with E-state index in [0.29, 0.717) is 40.3 Å². The molecule has 7 aromatic rings. The van der Waals surface area contributed by atoms with Gasteiger partial charge in [0, 0.05) is 52.7 Å². The smallest absolute Gasteiger partial charge is 0.292 e. The van der Waals surface area contributed by atoms with Gasteiger partial charge >= 0.3 is 0 Å². The Morgan fingerprint density at radius 2 is 0.797 bits per heavy atom. The molecule has 8 rings (SSSR count). The second-order valence-corrected chi connectivity index (χ2v) is 17.8. The van der Waals surface area contributed by atoms with Gasteiger partial charge in [0.2, 0.25) is 11.9 Å². The summed E-state index contributed by atoms with van der Waals surface area (Å²) in [5, 5.41) is 19.1. The van der Waals surface area contributed by atoms with E-state index in [9.17, 15) is 25.9 Å². The van der Waals surface area contributed by atoms with Crippen LogP contribution >= 0.6 is 0 Å². The van der Waals surface area contributed by atoms with Gasteiger partial charge in [-0.3, -0.25) is 9.11 Å². The molecule has 1 aliphatic rings. The van der Waals surface area contributed by atoms with Crippen LogP contribution in [-0.4, -0.2) is 50.0 Å². The average molecular weight is 893 g/mol. The number of hydrogen-bond donors (Lipinski definition) is 8. The van der Waals surface area contributed by atoms with E-state index in [0.717, 1.165) is 17.1 Å². The minimum atomic E-state index is -5.54. The Morgan fingerprint density at radius 3 is 1.19 bits per heavy atom. The summed E-state index contributed by atoms with van der Waals surface area (Å²) in [5.41, 5.74) is 3.82. The lowest BCUT2D eigenvalue weighted by atomic mass is 9.99. The van der Waals surface area contributed by atoms with E-state index >= 15 is 0 Å². The zero-order chi connectivity index (χ0) is 44.6. The number of nitrogens with one attached hydrogen (secondary N) is 6. The van der Waals surface area contributed by atoms with Crippen molar-refractivity contribution in [2.24, 2.45) is 0 Å². The van der Waals surface area contributed by atoms with Crippen LogP contribution in [-0.2, 0) is 20.2 Å². The topological polar surface area (TPSA) is 232 Å². The summed E-state index contributed by atoms with van der Waals surface area (Å²) in [7, 11) is -11.1. The minimum absolute atomic E-state index is 0.00632. The third-order valence-electron chi connectivity index (χ3n) is 9.69. The highest BCUT2D eigenvalue weighted by atomic mass is 32.3. The summed E-state index contributed by atoms with van der Waals surface area (Å²) >= 11 is 0. The van der Waals surface area contributed by atoms with Crippen molar-refractivity contribution < 1.29 is 25.9 Å². The van der Waals surface area contributed by atoms with E-state index in [1.807, 2.05) is 121 Å². The van der Waals surface area contributed by atoms with Crippen molar-refractivity contribution in [3.8, 4) is 0 Å². The van der Waals surface area contributed by atoms with Gasteiger partial charge in [-0.05, 0) is 77.9 Å². The number of anilines is 11. The maximum absolute atomic E-state index is 13.2. The molecule has 2 aromatic heterocycles. The molecular formula is C46H40N10O6S2. The fourth-order valence-electron chi connectivity index (χ4n) is 6.69. The second-order valence-electron chi connectivity index (χ2n) is 14.3. The van der Waals surface area contributed by atoms with Gasteiger partial charge in [-0.25, -0.2) is 0 Å². The zero-order valence-corrected chi connectivity index (χ0v) is 35.3. The Morgan fingerprint density at radius 1 is 0.438 bits per heavy atom. The first-order valence-corrected chi connectivity index (χ1v) is 22.5. The van der Waals surface area contributed by atoms with E-state index in [1.165, 1.54) is 30.4 Å². The number of allylic oxidation sites excluding steroid dienone is 4. The van der Waals surface area contributed by atoms with E-state index in [4.69, 9.17) is 0 Å². The third kappa shape index (κ3) is 10.4. The summed E-state index contributed by atoms with van der Waals surface area (Å²) in [6, 6.07) is 47.6. The minimum Gasteiger partial charge on any atom is -0.343 e. The van der Waals surface area contributed by atoms with Crippen LogP contribution in [0.4, 0.5) is 63.6 Å². The van der Waals surface area contributed by atoms with Crippen molar-refractivity contribution in [2.45, 2.75) is 10.5 Å². The van der Waals surface area contributed by atoms with Gasteiger partial charge in [-0.15, -0.1) is 0 Å². The third-order valence-corrected chi connectivity index (χ3v) is 13.4. The van der Waals surface area contributed by atoms with Gasteiger partial charge in [0.15, 0.2) is 0 Å². The molecule has 0 radical (unpaired) electrons. The molecule has 0 spiro atoms. The van der Waals surface area contributed by atoms with Crippen LogP contribution in [0.5, 0.6) is 0 Å². The van der Waals surface area contributed by atoms with E-state index in [2.05, 4.69) is 51.8 Å². The molecule has 322 valence electrons. The van der Waals surface area contributed by atoms with Gasteiger partial charge in [-0.1, -0.05) is 103 Å². The van der Waals surface area contributed by atoms with E-state index < -0.39 is 36.3 Å². The number of nitrogens with zero attached hydrogens (tertiary/aromatic N) is 4. The van der Waals surface area contributed by atoms with Crippen LogP contribution in [0.15, 0.2) is 187 Å². The highest BCUT2D eigenvalue weighted by molar-refractivity contribution is 8.05. The van der Waals surface area contributed by atoms with Gasteiger partial charge < -0.3 is 31.9 Å². The zero-order valence-electron chi connectivity index (χ0n) is 33.7. The molecule has 0 bridgehead atoms. The van der Waals surface area contributed by atoms with Crippen molar-refractivity contribution >= 4 is 89.9 Å². The van der Waals surface area contributed by atoms with Crippen molar-refractivity contribution in [3.63, 3.8) is 0 Å². The molecule has 5 aromatic carbocycles. The van der Waals surface area contributed by atoms with Crippen LogP contribution in [0.3, 0.4) is 0 Å². The molecule has 0 aliphatic heterocycles. The van der Waals surface area contributed by atoms with Crippen LogP contribution < -0.4 is 31.9 Å².